The molecule has 0 spiro atoms. The molecular weight excluding hydrogens is 269 g/mol. The minimum absolute atomic E-state index is 0.0444. The van der Waals surface area contributed by atoms with Crippen molar-refractivity contribution >= 4 is 34.9 Å². The van der Waals surface area contributed by atoms with Crippen LogP contribution in [0.4, 0.5) is 5.69 Å². The monoisotopic (exact) mass is 277 g/mol. The van der Waals surface area contributed by atoms with Gasteiger partial charge in [-0.25, -0.2) is 0 Å². The van der Waals surface area contributed by atoms with Crippen LogP contribution in [0.2, 0.25) is 5.02 Å². The van der Waals surface area contributed by atoms with E-state index in [0.29, 0.717) is 5.56 Å². The molecule has 0 heterocycles. The molecule has 0 amide bonds. The van der Waals surface area contributed by atoms with Gasteiger partial charge in [-0.3, -0.25) is 14.9 Å². The van der Waals surface area contributed by atoms with Gasteiger partial charge in [0.05, 0.1) is 12.0 Å². The van der Waals surface area contributed by atoms with Crippen molar-refractivity contribution in [3.05, 3.63) is 38.9 Å². The summed E-state index contributed by atoms with van der Waals surface area (Å²) in [7, 11) is 1.22. The highest BCUT2D eigenvalue weighted by molar-refractivity contribution is 6.32. The van der Waals surface area contributed by atoms with Crippen LogP contribution >= 0.6 is 23.2 Å². The van der Waals surface area contributed by atoms with Gasteiger partial charge >= 0.3 is 5.97 Å². The van der Waals surface area contributed by atoms with Crippen LogP contribution in [-0.2, 0) is 16.0 Å². The van der Waals surface area contributed by atoms with Gasteiger partial charge in [0, 0.05) is 6.07 Å². The predicted molar refractivity (Wildman–Crippen MR) is 63.5 cm³/mol. The summed E-state index contributed by atoms with van der Waals surface area (Å²) in [5, 5.41) is 9.82. The molecule has 17 heavy (non-hydrogen) atoms. The summed E-state index contributed by atoms with van der Waals surface area (Å²) in [6, 6.07) is 4.27. The Morgan fingerprint density at radius 2 is 2.24 bits per heavy atom. The molecule has 92 valence electrons. The van der Waals surface area contributed by atoms with E-state index in [9.17, 15) is 14.9 Å². The fraction of sp³-hybridized carbons (Fsp3) is 0.300. The standard InChI is InChI=1S/C10H9Cl2NO4/c1-17-10(14)8(12)4-6-2-3-7(11)9(5-6)13(15)16/h2-3,5,8H,4H2,1H3/t8-/m0/s1. The maximum atomic E-state index is 11.1. The Balaban J connectivity index is 2.90. The van der Waals surface area contributed by atoms with Crippen molar-refractivity contribution in [1.29, 1.82) is 0 Å². The molecule has 0 saturated carbocycles. The number of methoxy groups -OCH3 is 1. The molecule has 0 N–H and O–H groups in total. The summed E-state index contributed by atoms with van der Waals surface area (Å²) in [6.07, 6.45) is 0.145. The van der Waals surface area contributed by atoms with Gasteiger partial charge in [-0.15, -0.1) is 11.6 Å². The molecule has 1 aromatic carbocycles. The van der Waals surface area contributed by atoms with Gasteiger partial charge < -0.3 is 4.74 Å². The third-order valence-electron chi connectivity index (χ3n) is 2.08. The number of carbonyl (C=O) groups excluding carboxylic acids is 1. The van der Waals surface area contributed by atoms with Crippen LogP contribution in [0.5, 0.6) is 0 Å². The summed E-state index contributed by atoms with van der Waals surface area (Å²) in [5.41, 5.74) is 0.337. The van der Waals surface area contributed by atoms with E-state index in [2.05, 4.69) is 4.74 Å². The summed E-state index contributed by atoms with van der Waals surface area (Å²) in [5.74, 6) is -0.579. The van der Waals surface area contributed by atoms with Crippen LogP contribution in [0.15, 0.2) is 18.2 Å². The van der Waals surface area contributed by atoms with Crippen LogP contribution in [0, 0.1) is 10.1 Å². The number of rotatable bonds is 4. The largest absolute Gasteiger partial charge is 0.468 e. The molecule has 0 unspecified atom stereocenters. The number of carbonyl (C=O) groups is 1. The molecule has 1 aromatic rings. The number of nitrogens with zero attached hydrogens (tertiary/aromatic N) is 1. The Labute approximate surface area is 107 Å². The predicted octanol–water partition coefficient (Wildman–Crippen LogP) is 2.57. The van der Waals surface area contributed by atoms with E-state index in [1.165, 1.54) is 19.2 Å². The van der Waals surface area contributed by atoms with Gasteiger partial charge in [0.2, 0.25) is 0 Å². The second kappa shape index (κ2) is 5.84. The summed E-state index contributed by atoms with van der Waals surface area (Å²) >= 11 is 11.4. The molecular formula is C10H9Cl2NO4. The third-order valence-corrected chi connectivity index (χ3v) is 2.73. The topological polar surface area (TPSA) is 69.4 Å². The molecule has 0 aliphatic rings. The lowest BCUT2D eigenvalue weighted by Gasteiger charge is -2.07. The van der Waals surface area contributed by atoms with Crippen LogP contribution in [-0.4, -0.2) is 23.4 Å². The van der Waals surface area contributed by atoms with Crippen LogP contribution in [0.25, 0.3) is 0 Å². The molecule has 7 heteroatoms. The Kier molecular flexibility index (Phi) is 4.72. The first-order valence-corrected chi connectivity index (χ1v) is 5.42. The Bertz CT molecular complexity index is 450. The van der Waals surface area contributed by atoms with Gasteiger partial charge in [-0.1, -0.05) is 17.7 Å². The van der Waals surface area contributed by atoms with E-state index in [0.717, 1.165) is 0 Å². The molecule has 0 saturated heterocycles. The van der Waals surface area contributed by atoms with Gasteiger partial charge in [-0.2, -0.15) is 0 Å². The number of nitro groups is 1. The normalized spacial score (nSPS) is 11.9. The van der Waals surface area contributed by atoms with Gasteiger partial charge in [-0.05, 0) is 18.1 Å². The van der Waals surface area contributed by atoms with Crippen molar-refractivity contribution < 1.29 is 14.5 Å². The first-order valence-electron chi connectivity index (χ1n) is 4.60. The fourth-order valence-electron chi connectivity index (χ4n) is 1.24. The van der Waals surface area contributed by atoms with Gasteiger partial charge in [0.15, 0.2) is 0 Å². The molecule has 0 aliphatic heterocycles. The van der Waals surface area contributed by atoms with Crippen LogP contribution in [0.3, 0.4) is 0 Å². The quantitative estimate of drug-likeness (QED) is 0.367. The van der Waals surface area contributed by atoms with E-state index >= 15 is 0 Å². The number of nitro benzene ring substituents is 1. The second-order valence-corrected chi connectivity index (χ2v) is 4.17. The number of esters is 1. The average Bonchev–Trinajstić information content (AvgIpc) is 2.30. The SMILES string of the molecule is COC(=O)[C@@H](Cl)Cc1ccc(Cl)c([N+](=O)[O-])c1. The lowest BCUT2D eigenvalue weighted by molar-refractivity contribution is -0.384. The maximum absolute atomic E-state index is 11.1. The van der Waals surface area contributed by atoms with Crippen molar-refractivity contribution in [2.75, 3.05) is 7.11 Å². The van der Waals surface area contributed by atoms with Crippen molar-refractivity contribution in [1.82, 2.24) is 0 Å². The first-order chi connectivity index (χ1) is 7.95. The molecule has 5 nitrogen and oxygen atoms in total. The molecule has 0 aliphatic carbocycles. The summed E-state index contributed by atoms with van der Waals surface area (Å²) in [4.78, 5) is 21.1. The number of halogens is 2. The summed E-state index contributed by atoms with van der Waals surface area (Å²) in [6.45, 7) is 0. The highest BCUT2D eigenvalue weighted by Gasteiger charge is 2.19. The van der Waals surface area contributed by atoms with E-state index in [1.807, 2.05) is 0 Å². The van der Waals surface area contributed by atoms with Crippen LogP contribution in [0.1, 0.15) is 5.56 Å². The second-order valence-electron chi connectivity index (χ2n) is 3.24. The Hall–Kier alpha value is -1.33. The number of alkyl halides is 1. The van der Waals surface area contributed by atoms with Gasteiger partial charge in [0.1, 0.15) is 10.4 Å². The van der Waals surface area contributed by atoms with Crippen molar-refractivity contribution in [3.8, 4) is 0 Å². The minimum Gasteiger partial charge on any atom is -0.468 e. The number of ether oxygens (including phenoxy) is 1. The maximum Gasteiger partial charge on any atom is 0.324 e. The molecule has 1 rings (SSSR count). The Morgan fingerprint density at radius 3 is 2.76 bits per heavy atom. The highest BCUT2D eigenvalue weighted by atomic mass is 35.5. The Morgan fingerprint density at radius 1 is 1.59 bits per heavy atom. The number of benzene rings is 1. The van der Waals surface area contributed by atoms with Crippen LogP contribution < -0.4 is 0 Å². The van der Waals surface area contributed by atoms with Crippen molar-refractivity contribution in [2.45, 2.75) is 11.8 Å². The van der Waals surface area contributed by atoms with E-state index in [4.69, 9.17) is 23.2 Å². The highest BCUT2D eigenvalue weighted by Crippen LogP contribution is 2.26. The lowest BCUT2D eigenvalue weighted by Crippen LogP contribution is -2.18. The molecule has 0 bridgehead atoms. The van der Waals surface area contributed by atoms with E-state index in [1.54, 1.807) is 6.07 Å². The molecule has 1 atom stereocenters. The lowest BCUT2D eigenvalue weighted by atomic mass is 10.1. The zero-order chi connectivity index (χ0) is 13.0. The molecule has 0 radical (unpaired) electrons. The molecule has 0 aromatic heterocycles. The smallest absolute Gasteiger partial charge is 0.324 e. The summed E-state index contributed by atoms with van der Waals surface area (Å²) < 4.78 is 4.45. The first kappa shape index (κ1) is 13.7. The van der Waals surface area contributed by atoms with E-state index in [-0.39, 0.29) is 17.1 Å². The average molecular weight is 278 g/mol. The number of hydrogen-bond acceptors (Lipinski definition) is 4. The zero-order valence-electron chi connectivity index (χ0n) is 8.85. The zero-order valence-corrected chi connectivity index (χ0v) is 10.4. The minimum atomic E-state index is -0.874. The van der Waals surface area contributed by atoms with Crippen molar-refractivity contribution in [2.24, 2.45) is 0 Å². The van der Waals surface area contributed by atoms with Crippen molar-refractivity contribution in [3.63, 3.8) is 0 Å². The fourth-order valence-corrected chi connectivity index (χ4v) is 1.70. The van der Waals surface area contributed by atoms with E-state index < -0.39 is 16.3 Å². The van der Waals surface area contributed by atoms with Gasteiger partial charge in [0.25, 0.3) is 5.69 Å². The molecule has 0 fully saturated rings. The third kappa shape index (κ3) is 3.57. The number of hydrogen-bond donors (Lipinski definition) is 0.